The molecule has 0 amide bonds. The fraction of sp³-hybridized carbons (Fsp3) is 0.750. The Morgan fingerprint density at radius 3 is 2.00 bits per heavy atom. The maximum absolute atomic E-state index is 6.18. The molecular formula is C16H24IN3. The van der Waals surface area contributed by atoms with Gasteiger partial charge in [-0.2, -0.15) is 0 Å². The molecule has 0 aromatic carbocycles. The molecule has 2 aliphatic carbocycles. The Morgan fingerprint density at radius 2 is 1.35 bits per heavy atom. The van der Waals surface area contributed by atoms with E-state index in [1.807, 2.05) is 0 Å². The molecule has 2 N–H and O–H groups in total. The Morgan fingerprint density at radius 1 is 0.800 bits per heavy atom. The van der Waals surface area contributed by atoms with Crippen molar-refractivity contribution in [1.82, 2.24) is 9.97 Å². The van der Waals surface area contributed by atoms with Crippen LogP contribution in [0.3, 0.4) is 0 Å². The predicted molar refractivity (Wildman–Crippen MR) is 90.8 cm³/mol. The molecule has 3 nitrogen and oxygen atoms in total. The molecule has 1 heterocycles. The van der Waals surface area contributed by atoms with Crippen molar-refractivity contribution in [2.45, 2.75) is 76.0 Å². The van der Waals surface area contributed by atoms with E-state index in [4.69, 9.17) is 10.7 Å². The molecule has 4 heteroatoms. The third-order valence-corrected chi connectivity index (χ3v) is 5.99. The van der Waals surface area contributed by atoms with Gasteiger partial charge in [-0.05, 0) is 48.3 Å². The first-order valence-corrected chi connectivity index (χ1v) is 9.16. The average Bonchev–Trinajstić information content (AvgIpc) is 2.84. The maximum Gasteiger partial charge on any atom is 0.140 e. The van der Waals surface area contributed by atoms with Crippen molar-refractivity contribution in [2.24, 2.45) is 0 Å². The Hall–Kier alpha value is -0.390. The van der Waals surface area contributed by atoms with Gasteiger partial charge in [-0.3, -0.25) is 0 Å². The number of nitrogens with two attached hydrogens (primary N) is 1. The highest BCUT2D eigenvalue weighted by Crippen LogP contribution is 2.38. The Labute approximate surface area is 135 Å². The third-order valence-electron chi connectivity index (χ3n) is 4.88. The minimum atomic E-state index is 0.539. The molecule has 2 fully saturated rings. The highest BCUT2D eigenvalue weighted by Gasteiger charge is 2.25. The summed E-state index contributed by atoms with van der Waals surface area (Å²) >= 11 is 2.34. The molecule has 3 rings (SSSR count). The number of rotatable bonds is 2. The van der Waals surface area contributed by atoms with Crippen LogP contribution in [0.15, 0.2) is 0 Å². The number of aromatic nitrogens is 2. The van der Waals surface area contributed by atoms with Crippen molar-refractivity contribution >= 4 is 28.4 Å². The predicted octanol–water partition coefficient (Wildman–Crippen LogP) is 4.76. The second kappa shape index (κ2) is 6.58. The van der Waals surface area contributed by atoms with E-state index in [1.54, 1.807) is 0 Å². The molecule has 1 aromatic rings. The van der Waals surface area contributed by atoms with E-state index in [2.05, 4.69) is 27.6 Å². The van der Waals surface area contributed by atoms with Gasteiger partial charge in [0.05, 0.1) is 9.26 Å². The topological polar surface area (TPSA) is 51.8 Å². The molecule has 0 spiro atoms. The largest absolute Gasteiger partial charge is 0.383 e. The molecular weight excluding hydrogens is 361 g/mol. The quantitative estimate of drug-likeness (QED) is 0.590. The molecule has 2 saturated carbocycles. The zero-order valence-corrected chi connectivity index (χ0v) is 14.2. The smallest absolute Gasteiger partial charge is 0.140 e. The van der Waals surface area contributed by atoms with Crippen LogP contribution in [0.2, 0.25) is 0 Å². The average molecular weight is 385 g/mol. The van der Waals surface area contributed by atoms with Crippen LogP contribution in [0.5, 0.6) is 0 Å². The number of hydrogen-bond acceptors (Lipinski definition) is 3. The van der Waals surface area contributed by atoms with Gasteiger partial charge in [0.25, 0.3) is 0 Å². The molecule has 0 saturated heterocycles. The lowest BCUT2D eigenvalue weighted by atomic mass is 9.98. The van der Waals surface area contributed by atoms with Crippen molar-refractivity contribution in [3.8, 4) is 0 Å². The number of nitrogens with zero attached hydrogens (tertiary/aromatic N) is 2. The maximum atomic E-state index is 6.18. The van der Waals surface area contributed by atoms with Crippen LogP contribution in [0, 0.1) is 3.57 Å². The summed E-state index contributed by atoms with van der Waals surface area (Å²) in [6, 6.07) is 0. The Bertz CT molecular complexity index is 461. The van der Waals surface area contributed by atoms with Crippen molar-refractivity contribution in [1.29, 1.82) is 0 Å². The number of anilines is 1. The summed E-state index contributed by atoms with van der Waals surface area (Å²) in [5.41, 5.74) is 7.42. The molecule has 0 unspecified atom stereocenters. The van der Waals surface area contributed by atoms with Crippen LogP contribution in [0.25, 0.3) is 0 Å². The Kier molecular flexibility index (Phi) is 4.79. The molecule has 110 valence electrons. The molecule has 20 heavy (non-hydrogen) atoms. The summed E-state index contributed by atoms with van der Waals surface area (Å²) in [5, 5.41) is 0. The van der Waals surface area contributed by atoms with E-state index in [9.17, 15) is 0 Å². The standard InChI is InChI=1S/C16H24IN3/c17-13-14(11-7-5-6-8-11)19-16(20-15(13)18)12-9-3-1-2-4-10-12/h11-12H,1-10H2,(H2,18,19,20). The monoisotopic (exact) mass is 385 g/mol. The fourth-order valence-corrected chi connectivity index (χ4v) is 4.37. The molecule has 0 bridgehead atoms. The van der Waals surface area contributed by atoms with Gasteiger partial charge in [0.2, 0.25) is 0 Å². The highest BCUT2D eigenvalue weighted by molar-refractivity contribution is 14.1. The number of nitrogen functional groups attached to an aromatic ring is 1. The minimum absolute atomic E-state index is 0.539. The van der Waals surface area contributed by atoms with Gasteiger partial charge >= 0.3 is 0 Å². The van der Waals surface area contributed by atoms with E-state index >= 15 is 0 Å². The van der Waals surface area contributed by atoms with Crippen LogP contribution >= 0.6 is 22.6 Å². The summed E-state index contributed by atoms with van der Waals surface area (Å²) in [6.07, 6.45) is 13.1. The van der Waals surface area contributed by atoms with Gasteiger partial charge in [-0.25, -0.2) is 9.97 Å². The van der Waals surface area contributed by atoms with E-state index in [0.717, 1.165) is 9.39 Å². The van der Waals surface area contributed by atoms with E-state index in [0.29, 0.717) is 17.7 Å². The van der Waals surface area contributed by atoms with Crippen molar-refractivity contribution in [3.63, 3.8) is 0 Å². The van der Waals surface area contributed by atoms with E-state index < -0.39 is 0 Å². The number of halogens is 1. The van der Waals surface area contributed by atoms with Crippen molar-refractivity contribution in [3.05, 3.63) is 15.1 Å². The van der Waals surface area contributed by atoms with Crippen LogP contribution in [0.1, 0.15) is 87.6 Å². The molecule has 0 radical (unpaired) electrons. The van der Waals surface area contributed by atoms with Crippen LogP contribution in [-0.4, -0.2) is 9.97 Å². The third kappa shape index (κ3) is 3.10. The number of hydrogen-bond donors (Lipinski definition) is 1. The second-order valence-electron chi connectivity index (χ2n) is 6.34. The highest BCUT2D eigenvalue weighted by atomic mass is 127. The van der Waals surface area contributed by atoms with Crippen molar-refractivity contribution in [2.75, 3.05) is 5.73 Å². The van der Waals surface area contributed by atoms with Crippen molar-refractivity contribution < 1.29 is 0 Å². The summed E-state index contributed by atoms with van der Waals surface area (Å²) in [4.78, 5) is 9.61. The summed E-state index contributed by atoms with van der Waals surface area (Å²) in [7, 11) is 0. The van der Waals surface area contributed by atoms with Gasteiger partial charge in [0, 0.05) is 11.8 Å². The molecule has 1 aromatic heterocycles. The molecule has 0 atom stereocenters. The summed E-state index contributed by atoms with van der Waals surface area (Å²) in [6.45, 7) is 0. The normalized spacial score (nSPS) is 22.1. The SMILES string of the molecule is Nc1nc(C2CCCCCC2)nc(C2CCCC2)c1I. The first kappa shape index (κ1) is 14.5. The summed E-state index contributed by atoms with van der Waals surface area (Å²) in [5.74, 6) is 2.90. The Balaban J connectivity index is 1.90. The first-order chi connectivity index (χ1) is 9.75. The van der Waals surface area contributed by atoms with Gasteiger partial charge < -0.3 is 5.73 Å². The van der Waals surface area contributed by atoms with E-state index in [1.165, 1.54) is 69.9 Å². The lowest BCUT2D eigenvalue weighted by Gasteiger charge is -2.18. The van der Waals surface area contributed by atoms with Crippen LogP contribution in [0.4, 0.5) is 5.82 Å². The summed E-state index contributed by atoms with van der Waals surface area (Å²) < 4.78 is 1.10. The zero-order valence-electron chi connectivity index (χ0n) is 12.1. The molecule has 0 aliphatic heterocycles. The fourth-order valence-electron chi connectivity index (χ4n) is 3.69. The lowest BCUT2D eigenvalue weighted by molar-refractivity contribution is 0.551. The van der Waals surface area contributed by atoms with Gasteiger partial charge in [0.1, 0.15) is 11.6 Å². The second-order valence-corrected chi connectivity index (χ2v) is 7.41. The van der Waals surface area contributed by atoms with Crippen LogP contribution in [-0.2, 0) is 0 Å². The molecule has 2 aliphatic rings. The van der Waals surface area contributed by atoms with Crippen LogP contribution < -0.4 is 5.73 Å². The van der Waals surface area contributed by atoms with Gasteiger partial charge in [-0.1, -0.05) is 38.5 Å². The van der Waals surface area contributed by atoms with Gasteiger partial charge in [0.15, 0.2) is 0 Å². The lowest BCUT2D eigenvalue weighted by Crippen LogP contribution is -2.13. The minimum Gasteiger partial charge on any atom is -0.383 e. The van der Waals surface area contributed by atoms with E-state index in [-0.39, 0.29) is 0 Å². The zero-order chi connectivity index (χ0) is 13.9. The van der Waals surface area contributed by atoms with Gasteiger partial charge in [-0.15, -0.1) is 0 Å². The first-order valence-electron chi connectivity index (χ1n) is 8.08.